The van der Waals surface area contributed by atoms with Crippen molar-refractivity contribution in [3.63, 3.8) is 0 Å². The Kier molecular flexibility index (Phi) is 4.73. The van der Waals surface area contributed by atoms with E-state index in [0.717, 1.165) is 10.7 Å². The first-order valence-corrected chi connectivity index (χ1v) is 8.16. The zero-order chi connectivity index (χ0) is 17.1. The highest BCUT2D eigenvalue weighted by Gasteiger charge is 2.24. The molecule has 1 atom stereocenters. The van der Waals surface area contributed by atoms with Crippen LogP contribution in [0.3, 0.4) is 0 Å². The highest BCUT2D eigenvalue weighted by Crippen LogP contribution is 2.26. The number of furan rings is 1. The Balaban J connectivity index is 1.79. The molecule has 1 amide bonds. The van der Waals surface area contributed by atoms with Crippen LogP contribution in [0.25, 0.3) is 10.8 Å². The van der Waals surface area contributed by atoms with Crippen molar-refractivity contribution in [2.24, 2.45) is 5.73 Å². The average Bonchev–Trinajstić information content (AvgIpc) is 3.17. The van der Waals surface area contributed by atoms with Crippen molar-refractivity contribution in [2.75, 3.05) is 7.05 Å². The number of aromatic nitrogens is 1. The van der Waals surface area contributed by atoms with Gasteiger partial charge in [-0.2, -0.15) is 0 Å². The Hall–Kier alpha value is -2.51. The van der Waals surface area contributed by atoms with Crippen LogP contribution in [-0.4, -0.2) is 22.8 Å². The topological polar surface area (TPSA) is 72.4 Å². The van der Waals surface area contributed by atoms with Crippen molar-refractivity contribution in [3.8, 4) is 10.8 Å². The highest BCUT2D eigenvalue weighted by atomic mass is 32.1. The second-order valence-corrected chi connectivity index (χ2v) is 6.25. The molecule has 2 N–H and O–H groups in total. The van der Waals surface area contributed by atoms with Gasteiger partial charge in [0.05, 0.1) is 12.0 Å². The van der Waals surface area contributed by atoms with Crippen LogP contribution < -0.4 is 5.73 Å². The summed E-state index contributed by atoms with van der Waals surface area (Å²) in [6.07, 6.45) is 1.59. The zero-order valence-electron chi connectivity index (χ0n) is 13.0. The van der Waals surface area contributed by atoms with Gasteiger partial charge in [0, 0.05) is 11.9 Å². The number of carbonyl (C=O) groups excluding carboxylic acids is 1. The summed E-state index contributed by atoms with van der Waals surface area (Å²) in [5.74, 6) is -0.240. The molecule has 7 heteroatoms. The summed E-state index contributed by atoms with van der Waals surface area (Å²) in [5, 5.41) is 2.67. The minimum atomic E-state index is -0.727. The molecule has 0 fully saturated rings. The number of hydrogen-bond acceptors (Lipinski definition) is 5. The molecule has 5 nitrogen and oxygen atoms in total. The van der Waals surface area contributed by atoms with Crippen molar-refractivity contribution in [1.82, 2.24) is 9.88 Å². The van der Waals surface area contributed by atoms with E-state index in [2.05, 4.69) is 4.98 Å². The van der Waals surface area contributed by atoms with Gasteiger partial charge in [-0.15, -0.1) is 11.3 Å². The molecule has 3 aromatic rings. The molecule has 0 aliphatic rings. The first-order chi connectivity index (χ1) is 11.5. The number of thiazole rings is 1. The molecular weight excluding hydrogens is 329 g/mol. The second-order valence-electron chi connectivity index (χ2n) is 5.40. The molecule has 0 aliphatic heterocycles. The number of likely N-dealkylation sites (N-methyl/N-ethyl adjacent to an activating group) is 1. The number of nitrogens with two attached hydrogens (primary N) is 1. The third kappa shape index (κ3) is 3.52. The summed E-state index contributed by atoms with van der Waals surface area (Å²) >= 11 is 1.46. The SMILES string of the molecule is CN(Cc1csc(-c2ccco2)n1)[C@H](C(N)=O)c1cccc(F)c1. The Morgan fingerprint density at radius 3 is 2.92 bits per heavy atom. The van der Waals surface area contributed by atoms with E-state index in [0.29, 0.717) is 17.9 Å². The summed E-state index contributed by atoms with van der Waals surface area (Å²) in [6, 6.07) is 8.81. The molecule has 0 bridgehead atoms. The van der Waals surface area contributed by atoms with E-state index < -0.39 is 17.8 Å². The smallest absolute Gasteiger partial charge is 0.239 e. The molecule has 2 heterocycles. The van der Waals surface area contributed by atoms with E-state index in [9.17, 15) is 9.18 Å². The number of rotatable bonds is 6. The van der Waals surface area contributed by atoms with Crippen molar-refractivity contribution in [3.05, 3.63) is 65.1 Å². The molecule has 0 unspecified atom stereocenters. The second kappa shape index (κ2) is 6.94. The monoisotopic (exact) mass is 345 g/mol. The van der Waals surface area contributed by atoms with E-state index in [-0.39, 0.29) is 0 Å². The average molecular weight is 345 g/mol. The lowest BCUT2D eigenvalue weighted by Gasteiger charge is -2.25. The number of carbonyl (C=O) groups is 1. The van der Waals surface area contributed by atoms with Crippen LogP contribution in [0.2, 0.25) is 0 Å². The lowest BCUT2D eigenvalue weighted by atomic mass is 10.0. The Labute approximate surface area is 142 Å². The Morgan fingerprint density at radius 2 is 2.25 bits per heavy atom. The van der Waals surface area contributed by atoms with E-state index in [1.165, 1.54) is 23.5 Å². The highest BCUT2D eigenvalue weighted by molar-refractivity contribution is 7.13. The molecule has 0 aliphatic carbocycles. The van der Waals surface area contributed by atoms with Crippen LogP contribution in [0.5, 0.6) is 0 Å². The van der Waals surface area contributed by atoms with E-state index in [4.69, 9.17) is 10.2 Å². The normalized spacial score (nSPS) is 12.5. The lowest BCUT2D eigenvalue weighted by molar-refractivity contribution is -0.123. The fourth-order valence-corrected chi connectivity index (χ4v) is 3.33. The minimum absolute atomic E-state index is 0.402. The third-order valence-corrected chi connectivity index (χ3v) is 4.48. The van der Waals surface area contributed by atoms with Crippen molar-refractivity contribution >= 4 is 17.2 Å². The molecule has 2 aromatic heterocycles. The fourth-order valence-electron chi connectivity index (χ4n) is 2.55. The standard InChI is InChI=1S/C17H16FN3O2S/c1-21(15(16(19)22)11-4-2-5-12(18)8-11)9-13-10-24-17(20-13)14-6-3-7-23-14/h2-8,10,15H,9H2,1H3,(H2,19,22)/t15-/m0/s1. The maximum atomic E-state index is 13.4. The molecule has 0 radical (unpaired) electrons. The lowest BCUT2D eigenvalue weighted by Crippen LogP contribution is -2.35. The number of primary amides is 1. The third-order valence-electron chi connectivity index (χ3n) is 3.57. The number of amides is 1. The minimum Gasteiger partial charge on any atom is -0.462 e. The Bertz CT molecular complexity index is 832. The van der Waals surface area contributed by atoms with Crippen LogP contribution in [-0.2, 0) is 11.3 Å². The quantitative estimate of drug-likeness (QED) is 0.745. The summed E-state index contributed by atoms with van der Waals surface area (Å²) in [7, 11) is 1.76. The van der Waals surface area contributed by atoms with E-state index in [1.54, 1.807) is 36.4 Å². The van der Waals surface area contributed by atoms with Gasteiger partial charge in [-0.25, -0.2) is 9.37 Å². The van der Waals surface area contributed by atoms with Crippen molar-refractivity contribution in [1.29, 1.82) is 0 Å². The van der Waals surface area contributed by atoms with Gasteiger partial charge in [0.1, 0.15) is 11.9 Å². The van der Waals surface area contributed by atoms with Crippen LogP contribution in [0, 0.1) is 5.82 Å². The molecule has 0 saturated carbocycles. The van der Waals surface area contributed by atoms with Gasteiger partial charge < -0.3 is 10.2 Å². The van der Waals surface area contributed by atoms with Gasteiger partial charge in [0.15, 0.2) is 10.8 Å². The number of halogens is 1. The van der Waals surface area contributed by atoms with Gasteiger partial charge >= 0.3 is 0 Å². The molecule has 24 heavy (non-hydrogen) atoms. The molecule has 0 spiro atoms. The van der Waals surface area contributed by atoms with Crippen molar-refractivity contribution in [2.45, 2.75) is 12.6 Å². The number of hydrogen-bond donors (Lipinski definition) is 1. The van der Waals surface area contributed by atoms with Crippen molar-refractivity contribution < 1.29 is 13.6 Å². The molecule has 3 rings (SSSR count). The fraction of sp³-hybridized carbons (Fsp3) is 0.176. The molecule has 1 aromatic carbocycles. The van der Waals surface area contributed by atoms with Crippen LogP contribution >= 0.6 is 11.3 Å². The van der Waals surface area contributed by atoms with Gasteiger partial charge in [-0.05, 0) is 36.9 Å². The predicted octanol–water partition coefficient (Wildman–Crippen LogP) is 3.20. The van der Waals surface area contributed by atoms with Gasteiger partial charge in [0.25, 0.3) is 0 Å². The molecule has 0 saturated heterocycles. The summed E-state index contributed by atoms with van der Waals surface area (Å²) in [6.45, 7) is 0.404. The van der Waals surface area contributed by atoms with E-state index in [1.807, 2.05) is 11.4 Å². The summed E-state index contributed by atoms with van der Waals surface area (Å²) < 4.78 is 18.8. The van der Waals surface area contributed by atoms with Crippen LogP contribution in [0.1, 0.15) is 17.3 Å². The molecule has 124 valence electrons. The first-order valence-electron chi connectivity index (χ1n) is 7.28. The zero-order valence-corrected chi connectivity index (χ0v) is 13.8. The number of benzene rings is 1. The predicted molar refractivity (Wildman–Crippen MR) is 89.6 cm³/mol. The first kappa shape index (κ1) is 16.4. The summed E-state index contributed by atoms with van der Waals surface area (Å²) in [5.41, 5.74) is 6.83. The Morgan fingerprint density at radius 1 is 1.42 bits per heavy atom. The maximum Gasteiger partial charge on any atom is 0.239 e. The van der Waals surface area contributed by atoms with E-state index >= 15 is 0 Å². The maximum absolute atomic E-state index is 13.4. The van der Waals surface area contributed by atoms with Crippen LogP contribution in [0.4, 0.5) is 4.39 Å². The van der Waals surface area contributed by atoms with Gasteiger partial charge in [-0.1, -0.05) is 12.1 Å². The van der Waals surface area contributed by atoms with Crippen LogP contribution in [0.15, 0.2) is 52.5 Å². The largest absolute Gasteiger partial charge is 0.462 e. The summed E-state index contributed by atoms with van der Waals surface area (Å²) in [4.78, 5) is 18.1. The number of nitrogens with zero attached hydrogens (tertiary/aromatic N) is 2. The van der Waals surface area contributed by atoms with Gasteiger partial charge in [-0.3, -0.25) is 9.69 Å². The molecular formula is C17H16FN3O2S. The van der Waals surface area contributed by atoms with Gasteiger partial charge in [0.2, 0.25) is 5.91 Å².